The van der Waals surface area contributed by atoms with Gasteiger partial charge in [-0.05, 0) is 31.2 Å². The third-order valence-electron chi connectivity index (χ3n) is 13.3. The molecule has 8 aliphatic rings. The minimum Gasteiger partial charge on any atom is -0.472 e. The Bertz CT molecular complexity index is 1560. The SMILES string of the molecule is CC(=O)O[C@H]1[C@]2(C)C[C@@]34OC5(C)O[C@@]6(CC[C@]7(C)[C@@H](CC(=O)O[C@H]7c7ccoc7)[C@]6(C[C@@]13OC(C)=O)O5)[C@@]41COC(=O)C[C@@H]21. The molecule has 0 N–H and O–H groups in total. The number of hydrogen-bond acceptors (Lipinski definition) is 12. The van der Waals surface area contributed by atoms with E-state index in [4.69, 9.17) is 37.6 Å². The summed E-state index contributed by atoms with van der Waals surface area (Å²) in [7, 11) is 0. The Morgan fingerprint density at radius 3 is 2.34 bits per heavy atom. The minimum atomic E-state index is -1.58. The molecule has 1 unspecified atom stereocenters. The second-order valence-electron chi connectivity index (χ2n) is 15.1. The van der Waals surface area contributed by atoms with Crippen molar-refractivity contribution < 1.29 is 56.8 Å². The van der Waals surface area contributed by atoms with E-state index in [1.165, 1.54) is 13.8 Å². The van der Waals surface area contributed by atoms with Gasteiger partial charge in [-0.2, -0.15) is 0 Å². The lowest BCUT2D eigenvalue weighted by molar-refractivity contribution is -0.477. The maximum atomic E-state index is 13.6. The first-order valence-corrected chi connectivity index (χ1v) is 15.5. The fourth-order valence-corrected chi connectivity index (χ4v) is 12.7. The largest absolute Gasteiger partial charge is 0.472 e. The van der Waals surface area contributed by atoms with Crippen molar-refractivity contribution in [1.82, 2.24) is 0 Å². The molecule has 44 heavy (non-hydrogen) atoms. The summed E-state index contributed by atoms with van der Waals surface area (Å²) in [6.45, 7) is 8.44. The van der Waals surface area contributed by atoms with Crippen LogP contribution in [-0.2, 0) is 52.3 Å². The molecule has 1 aromatic heterocycles. The van der Waals surface area contributed by atoms with Crippen LogP contribution in [0.3, 0.4) is 0 Å². The van der Waals surface area contributed by atoms with Crippen molar-refractivity contribution >= 4 is 23.9 Å². The van der Waals surface area contributed by atoms with E-state index < -0.39 is 86.6 Å². The predicted molar refractivity (Wildman–Crippen MR) is 142 cm³/mol. The van der Waals surface area contributed by atoms with Crippen LogP contribution in [0.1, 0.15) is 84.8 Å². The van der Waals surface area contributed by atoms with Gasteiger partial charge in [0, 0.05) is 55.9 Å². The average molecular weight is 613 g/mol. The molecule has 8 fully saturated rings. The van der Waals surface area contributed by atoms with Gasteiger partial charge < -0.3 is 37.6 Å². The van der Waals surface area contributed by atoms with Gasteiger partial charge in [0.15, 0.2) is 11.7 Å². The lowest BCUT2D eigenvalue weighted by Crippen LogP contribution is -2.91. The van der Waals surface area contributed by atoms with Crippen LogP contribution in [0.15, 0.2) is 23.0 Å². The van der Waals surface area contributed by atoms with E-state index in [1.54, 1.807) is 25.5 Å². The number of ether oxygens (including phenoxy) is 7. The number of carbonyl (C=O) groups excluding carboxylic acids is 4. The monoisotopic (exact) mass is 612 g/mol. The summed E-state index contributed by atoms with van der Waals surface area (Å²) in [6, 6.07) is 1.80. The Hall–Kier alpha value is -2.96. The van der Waals surface area contributed by atoms with Crippen LogP contribution in [0.2, 0.25) is 0 Å². The molecule has 4 saturated carbocycles. The van der Waals surface area contributed by atoms with E-state index >= 15 is 0 Å². The number of cyclic esters (lactones) is 2. The van der Waals surface area contributed by atoms with E-state index in [1.807, 2.05) is 6.92 Å². The number of hydrogen-bond donors (Lipinski definition) is 0. The zero-order valence-corrected chi connectivity index (χ0v) is 25.4. The number of furan rings is 1. The topological polar surface area (TPSA) is 146 Å². The maximum absolute atomic E-state index is 13.6. The zero-order valence-electron chi connectivity index (χ0n) is 25.4. The first-order valence-electron chi connectivity index (χ1n) is 15.5. The zero-order chi connectivity index (χ0) is 30.9. The first-order chi connectivity index (χ1) is 20.7. The highest BCUT2D eigenvalue weighted by Gasteiger charge is 3.03. The molecule has 3 spiro atoms. The minimum absolute atomic E-state index is 0.0191. The van der Waals surface area contributed by atoms with Gasteiger partial charge in [-0.15, -0.1) is 0 Å². The Balaban J connectivity index is 1.36. The van der Waals surface area contributed by atoms with E-state index in [2.05, 4.69) is 6.92 Å². The summed E-state index contributed by atoms with van der Waals surface area (Å²) < 4.78 is 51.4. The third-order valence-corrected chi connectivity index (χ3v) is 13.3. The van der Waals surface area contributed by atoms with Crippen molar-refractivity contribution in [2.75, 3.05) is 6.61 Å². The number of rotatable bonds is 3. The van der Waals surface area contributed by atoms with Crippen molar-refractivity contribution in [3.63, 3.8) is 0 Å². The van der Waals surface area contributed by atoms with Crippen LogP contribution >= 0.6 is 0 Å². The van der Waals surface area contributed by atoms with Crippen LogP contribution in [-0.4, -0.2) is 65.0 Å². The van der Waals surface area contributed by atoms with E-state index in [-0.39, 0.29) is 31.8 Å². The third kappa shape index (κ3) is 2.51. The highest BCUT2D eigenvalue weighted by atomic mass is 16.9. The number of carbonyl (C=O) groups is 4. The molecule has 0 aromatic carbocycles. The van der Waals surface area contributed by atoms with Crippen LogP contribution in [0.4, 0.5) is 0 Å². The van der Waals surface area contributed by atoms with Crippen molar-refractivity contribution in [3.8, 4) is 0 Å². The lowest BCUT2D eigenvalue weighted by atomic mass is 9.33. The summed E-state index contributed by atoms with van der Waals surface area (Å²) >= 11 is 0. The first kappa shape index (κ1) is 27.4. The number of esters is 4. The van der Waals surface area contributed by atoms with Crippen molar-refractivity contribution in [1.29, 1.82) is 0 Å². The summed E-state index contributed by atoms with van der Waals surface area (Å²) in [6.07, 6.45) is 3.13. The molecule has 5 heterocycles. The molecule has 4 aliphatic carbocycles. The molecule has 12 atom stereocenters. The molecule has 236 valence electrons. The molecular formula is C32H36O12. The van der Waals surface area contributed by atoms with Gasteiger partial charge in [0.25, 0.3) is 5.97 Å². The van der Waals surface area contributed by atoms with E-state index in [9.17, 15) is 19.2 Å². The van der Waals surface area contributed by atoms with Crippen molar-refractivity contribution in [2.24, 2.45) is 28.1 Å². The Kier molecular flexibility index (Phi) is 4.68. The summed E-state index contributed by atoms with van der Waals surface area (Å²) in [5, 5.41) is 0. The van der Waals surface area contributed by atoms with Crippen LogP contribution in [0, 0.1) is 28.1 Å². The molecule has 4 saturated heterocycles. The highest BCUT2D eigenvalue weighted by molar-refractivity contribution is 5.75. The van der Waals surface area contributed by atoms with Crippen LogP contribution in [0.5, 0.6) is 0 Å². The summed E-state index contributed by atoms with van der Waals surface area (Å²) in [5.41, 5.74) is -6.92. The Labute approximate surface area is 253 Å². The van der Waals surface area contributed by atoms with Gasteiger partial charge in [0.2, 0.25) is 0 Å². The highest BCUT2D eigenvalue weighted by Crippen LogP contribution is 2.90. The fraction of sp³-hybridized carbons (Fsp3) is 0.750. The molecule has 1 aromatic rings. The fourth-order valence-electron chi connectivity index (χ4n) is 12.7. The Morgan fingerprint density at radius 1 is 0.886 bits per heavy atom. The normalized spacial score (nSPS) is 55.4. The van der Waals surface area contributed by atoms with E-state index in [0.717, 1.165) is 5.56 Å². The molecule has 4 aliphatic heterocycles. The smallest absolute Gasteiger partial charge is 0.306 e. The lowest BCUT2D eigenvalue weighted by Gasteiger charge is -2.76. The van der Waals surface area contributed by atoms with Crippen LogP contribution in [0.25, 0.3) is 0 Å². The van der Waals surface area contributed by atoms with Gasteiger partial charge in [0.05, 0.1) is 24.4 Å². The van der Waals surface area contributed by atoms with Crippen molar-refractivity contribution in [3.05, 3.63) is 24.2 Å². The average Bonchev–Trinajstić information content (AvgIpc) is 3.62. The molecule has 0 radical (unpaired) electrons. The standard InChI is InChI=1S/C32H36O12/c1-16(33)39-24-26(4)13-32-28(15-38-21(35)10-19(26)28)31-8-7-25(3)20(11-22(36)40-23(25)18-6-9-37-12-18)29(31,42-27(5,43-31)44-32)14-30(24,32)41-17(2)34/h6,9,12,19-20,23-24H,7-8,10-11,13-15H2,1-5H3/t19-,20+,23-,24-,25+,26+,27?,28-,29-,30+,31-,32-/m0/s1. The maximum Gasteiger partial charge on any atom is 0.306 e. The van der Waals surface area contributed by atoms with Crippen LogP contribution < -0.4 is 0 Å². The molecule has 4 bridgehead atoms. The molecule has 0 amide bonds. The molecule has 12 nitrogen and oxygen atoms in total. The molecule has 9 rings (SSSR count). The molecule has 12 heteroatoms. The number of fused-ring (bicyclic) bond motifs is 4. The van der Waals surface area contributed by atoms with Crippen molar-refractivity contribution in [2.45, 2.75) is 114 Å². The second kappa shape index (κ2) is 7.53. The summed E-state index contributed by atoms with van der Waals surface area (Å²) in [5.74, 6) is -4.35. The Morgan fingerprint density at radius 2 is 1.64 bits per heavy atom. The van der Waals surface area contributed by atoms with Gasteiger partial charge in [-0.25, -0.2) is 0 Å². The van der Waals surface area contributed by atoms with Gasteiger partial charge in [0.1, 0.15) is 29.5 Å². The van der Waals surface area contributed by atoms with Gasteiger partial charge in [-0.1, -0.05) is 13.8 Å². The molecular weight excluding hydrogens is 576 g/mol. The predicted octanol–water partition coefficient (Wildman–Crippen LogP) is 3.26. The second-order valence-corrected chi connectivity index (χ2v) is 15.1. The van der Waals surface area contributed by atoms with Gasteiger partial charge >= 0.3 is 23.9 Å². The van der Waals surface area contributed by atoms with E-state index in [0.29, 0.717) is 19.3 Å². The summed E-state index contributed by atoms with van der Waals surface area (Å²) in [4.78, 5) is 52.6. The van der Waals surface area contributed by atoms with Gasteiger partial charge in [-0.3, -0.25) is 19.2 Å². The quantitative estimate of drug-likeness (QED) is 0.365.